The minimum atomic E-state index is -0.868. The summed E-state index contributed by atoms with van der Waals surface area (Å²) < 4.78 is 0. The van der Waals surface area contributed by atoms with Gasteiger partial charge in [0.05, 0.1) is 5.56 Å². The number of carbonyl (C=O) groups is 2. The van der Waals surface area contributed by atoms with E-state index in [2.05, 4.69) is 0 Å². The Balaban J connectivity index is 2.17. The van der Waals surface area contributed by atoms with Crippen LogP contribution in [0.25, 0.3) is 0 Å². The Morgan fingerprint density at radius 1 is 1.38 bits per heavy atom. The molecule has 1 aromatic carbocycles. The number of amides is 1. The van der Waals surface area contributed by atoms with Gasteiger partial charge in [0.1, 0.15) is 5.25 Å². The van der Waals surface area contributed by atoms with Crippen molar-refractivity contribution in [2.45, 2.75) is 36.8 Å². The highest BCUT2D eigenvalue weighted by molar-refractivity contribution is 8.00. The number of carbonyl (C=O) groups excluding carboxylic acids is 1. The van der Waals surface area contributed by atoms with E-state index in [9.17, 15) is 9.59 Å². The van der Waals surface area contributed by atoms with Crippen molar-refractivity contribution in [3.05, 3.63) is 29.8 Å². The molecule has 0 saturated heterocycles. The Bertz CT molecular complexity index is 528. The Morgan fingerprint density at radius 3 is 2.62 bits per heavy atom. The molecule has 0 heterocycles. The number of nitrogens with zero attached hydrogens (tertiary/aromatic N) is 1. The average Bonchev–Trinajstić information content (AvgIpc) is 3.28. The zero-order valence-corrected chi connectivity index (χ0v) is 13.2. The first-order chi connectivity index (χ1) is 10.0. The molecule has 1 aromatic rings. The summed E-state index contributed by atoms with van der Waals surface area (Å²) in [5.41, 5.74) is 0.609. The molecule has 5 heteroatoms. The SMILES string of the molecule is CCN(CC1CC1)C(=O)c1ccccc1SC(C)C(=O)O. The molecule has 1 saturated carbocycles. The first-order valence-electron chi connectivity index (χ1n) is 7.30. The van der Waals surface area contributed by atoms with E-state index in [1.54, 1.807) is 13.0 Å². The van der Waals surface area contributed by atoms with Crippen LogP contribution in [0.5, 0.6) is 0 Å². The molecular weight excluding hydrogens is 286 g/mol. The second-order valence-corrected chi connectivity index (χ2v) is 6.76. The summed E-state index contributed by atoms with van der Waals surface area (Å²) in [6, 6.07) is 7.27. The van der Waals surface area contributed by atoms with Crippen LogP contribution < -0.4 is 0 Å². The molecule has 21 heavy (non-hydrogen) atoms. The average molecular weight is 307 g/mol. The highest BCUT2D eigenvalue weighted by atomic mass is 32.2. The fourth-order valence-electron chi connectivity index (χ4n) is 2.13. The molecule has 114 valence electrons. The van der Waals surface area contributed by atoms with E-state index in [4.69, 9.17) is 5.11 Å². The monoisotopic (exact) mass is 307 g/mol. The Hall–Kier alpha value is -1.49. The molecule has 1 aliphatic carbocycles. The van der Waals surface area contributed by atoms with E-state index in [0.29, 0.717) is 18.0 Å². The van der Waals surface area contributed by atoms with Crippen LogP contribution in [0.4, 0.5) is 0 Å². The van der Waals surface area contributed by atoms with Crippen LogP contribution in [0.15, 0.2) is 29.2 Å². The standard InChI is InChI=1S/C16H21NO3S/c1-3-17(10-12-8-9-12)15(18)13-6-4-5-7-14(13)21-11(2)16(19)20/h4-7,11-12H,3,8-10H2,1-2H3,(H,19,20). The highest BCUT2D eigenvalue weighted by Gasteiger charge is 2.27. The van der Waals surface area contributed by atoms with Crippen molar-refractivity contribution in [1.29, 1.82) is 0 Å². The molecule has 1 aliphatic rings. The number of hydrogen-bond acceptors (Lipinski definition) is 3. The normalized spacial score (nSPS) is 15.5. The maximum atomic E-state index is 12.7. The molecule has 1 N–H and O–H groups in total. The molecule has 1 atom stereocenters. The zero-order chi connectivity index (χ0) is 15.4. The largest absolute Gasteiger partial charge is 0.480 e. The lowest BCUT2D eigenvalue weighted by Gasteiger charge is -2.22. The zero-order valence-electron chi connectivity index (χ0n) is 12.4. The predicted octanol–water partition coefficient (Wildman–Crippen LogP) is 3.12. The lowest BCUT2D eigenvalue weighted by Crippen LogP contribution is -2.33. The lowest BCUT2D eigenvalue weighted by atomic mass is 10.2. The third-order valence-corrected chi connectivity index (χ3v) is 4.78. The van der Waals surface area contributed by atoms with E-state index in [-0.39, 0.29) is 5.91 Å². The number of carboxylic acid groups (broad SMARTS) is 1. The van der Waals surface area contributed by atoms with Crippen molar-refractivity contribution in [1.82, 2.24) is 4.90 Å². The van der Waals surface area contributed by atoms with Crippen LogP contribution in [0.3, 0.4) is 0 Å². The van der Waals surface area contributed by atoms with Crippen molar-refractivity contribution >= 4 is 23.6 Å². The molecule has 0 radical (unpaired) electrons. The Labute approximate surface area is 129 Å². The third kappa shape index (κ3) is 4.24. The van der Waals surface area contributed by atoms with Gasteiger partial charge < -0.3 is 10.0 Å². The smallest absolute Gasteiger partial charge is 0.316 e. The lowest BCUT2D eigenvalue weighted by molar-refractivity contribution is -0.136. The van der Waals surface area contributed by atoms with Gasteiger partial charge in [0.15, 0.2) is 0 Å². The van der Waals surface area contributed by atoms with Crippen LogP contribution in [0.1, 0.15) is 37.0 Å². The summed E-state index contributed by atoms with van der Waals surface area (Å²) in [5.74, 6) is -0.218. The van der Waals surface area contributed by atoms with E-state index >= 15 is 0 Å². The van der Waals surface area contributed by atoms with Gasteiger partial charge in [-0.1, -0.05) is 12.1 Å². The van der Waals surface area contributed by atoms with Crippen molar-refractivity contribution in [2.75, 3.05) is 13.1 Å². The van der Waals surface area contributed by atoms with Crippen LogP contribution in [0.2, 0.25) is 0 Å². The van der Waals surface area contributed by atoms with Gasteiger partial charge in [0.25, 0.3) is 5.91 Å². The summed E-state index contributed by atoms with van der Waals surface area (Å²) in [4.78, 5) is 26.3. The van der Waals surface area contributed by atoms with Crippen molar-refractivity contribution in [3.63, 3.8) is 0 Å². The summed E-state index contributed by atoms with van der Waals surface area (Å²) in [5, 5.41) is 8.47. The molecular formula is C16H21NO3S. The molecule has 0 aliphatic heterocycles. The van der Waals surface area contributed by atoms with Crippen LogP contribution in [-0.2, 0) is 4.79 Å². The van der Waals surface area contributed by atoms with Gasteiger partial charge in [-0.25, -0.2) is 0 Å². The summed E-state index contributed by atoms with van der Waals surface area (Å²) in [7, 11) is 0. The van der Waals surface area contributed by atoms with Crippen LogP contribution in [-0.4, -0.2) is 40.2 Å². The molecule has 0 aromatic heterocycles. The number of hydrogen-bond donors (Lipinski definition) is 1. The molecule has 1 unspecified atom stereocenters. The van der Waals surface area contributed by atoms with E-state index < -0.39 is 11.2 Å². The predicted molar refractivity (Wildman–Crippen MR) is 83.7 cm³/mol. The van der Waals surface area contributed by atoms with Crippen LogP contribution in [0, 0.1) is 5.92 Å². The maximum Gasteiger partial charge on any atom is 0.316 e. The number of rotatable bonds is 7. The van der Waals surface area contributed by atoms with Crippen molar-refractivity contribution in [3.8, 4) is 0 Å². The van der Waals surface area contributed by atoms with Gasteiger partial charge in [-0.2, -0.15) is 0 Å². The summed E-state index contributed by atoms with van der Waals surface area (Å²) in [6.45, 7) is 5.11. The molecule has 0 bridgehead atoms. The fraction of sp³-hybridized carbons (Fsp3) is 0.500. The molecule has 0 spiro atoms. The fourth-order valence-corrected chi connectivity index (χ4v) is 3.05. The second kappa shape index (κ2) is 6.98. The van der Waals surface area contributed by atoms with E-state index in [0.717, 1.165) is 11.4 Å². The maximum absolute atomic E-state index is 12.7. The van der Waals surface area contributed by atoms with Gasteiger partial charge in [0.2, 0.25) is 0 Å². The topological polar surface area (TPSA) is 57.6 Å². The number of benzene rings is 1. The number of thioether (sulfide) groups is 1. The van der Waals surface area contributed by atoms with Crippen LogP contribution >= 0.6 is 11.8 Å². The number of carboxylic acids is 1. The molecule has 1 fully saturated rings. The van der Waals surface area contributed by atoms with E-state index in [1.807, 2.05) is 30.0 Å². The van der Waals surface area contributed by atoms with Crippen molar-refractivity contribution in [2.24, 2.45) is 5.92 Å². The van der Waals surface area contributed by atoms with Crippen molar-refractivity contribution < 1.29 is 14.7 Å². The molecule has 2 rings (SSSR count). The first kappa shape index (κ1) is 15.9. The van der Waals surface area contributed by atoms with Gasteiger partial charge in [-0.15, -0.1) is 11.8 Å². The summed E-state index contributed by atoms with van der Waals surface area (Å²) >= 11 is 1.22. The summed E-state index contributed by atoms with van der Waals surface area (Å²) in [6.07, 6.45) is 2.41. The molecule has 4 nitrogen and oxygen atoms in total. The Kier molecular flexibility index (Phi) is 5.28. The van der Waals surface area contributed by atoms with Gasteiger partial charge in [-0.05, 0) is 44.7 Å². The highest BCUT2D eigenvalue weighted by Crippen LogP contribution is 2.32. The minimum Gasteiger partial charge on any atom is -0.480 e. The van der Waals surface area contributed by atoms with Gasteiger partial charge >= 0.3 is 5.97 Å². The minimum absolute atomic E-state index is 0.00471. The third-order valence-electron chi connectivity index (χ3n) is 3.61. The molecule has 1 amide bonds. The second-order valence-electron chi connectivity index (χ2n) is 5.38. The quantitative estimate of drug-likeness (QED) is 0.786. The van der Waals surface area contributed by atoms with E-state index in [1.165, 1.54) is 24.6 Å². The van der Waals surface area contributed by atoms with Gasteiger partial charge in [0, 0.05) is 18.0 Å². The van der Waals surface area contributed by atoms with Gasteiger partial charge in [-0.3, -0.25) is 9.59 Å². The Morgan fingerprint density at radius 2 is 2.05 bits per heavy atom. The first-order valence-corrected chi connectivity index (χ1v) is 8.18. The number of aliphatic carboxylic acids is 1.